The molecule has 0 bridgehead atoms. The summed E-state index contributed by atoms with van der Waals surface area (Å²) in [5, 5.41) is 34.1. The number of ketones is 3. The van der Waals surface area contributed by atoms with Gasteiger partial charge in [-0.1, -0.05) is 13.8 Å². The normalized spacial score (nSPS) is 32.2. The van der Waals surface area contributed by atoms with E-state index in [4.69, 9.17) is 5.73 Å². The van der Waals surface area contributed by atoms with E-state index in [0.717, 1.165) is 18.8 Å². The number of Topliss-reactive ketones (excluding diaryl/α,β-unsaturated/α-hetero) is 3. The van der Waals surface area contributed by atoms with Crippen LogP contribution in [0.25, 0.3) is 0 Å². The quantitative estimate of drug-likeness (QED) is 0.331. The van der Waals surface area contributed by atoms with Crippen LogP contribution in [0.15, 0.2) is 6.07 Å². The van der Waals surface area contributed by atoms with Crippen molar-refractivity contribution in [3.8, 4) is 5.75 Å². The van der Waals surface area contributed by atoms with Crippen LogP contribution in [0.2, 0.25) is 0 Å². The number of aromatic hydroxyl groups is 1. The lowest BCUT2D eigenvalue weighted by molar-refractivity contribution is -0.190. The average Bonchev–Trinajstić information content (AvgIpc) is 2.85. The zero-order chi connectivity index (χ0) is 29.1. The molecule has 0 heterocycles. The summed E-state index contributed by atoms with van der Waals surface area (Å²) in [6, 6.07) is 0.944. The number of aliphatic hydroxyl groups excluding tert-OH is 1. The van der Waals surface area contributed by atoms with Crippen LogP contribution < -0.4 is 10.6 Å². The Morgan fingerprint density at radius 2 is 1.72 bits per heavy atom. The lowest BCUT2D eigenvalue weighted by atomic mass is 9.52. The highest BCUT2D eigenvalue weighted by atomic mass is 16.3. The van der Waals surface area contributed by atoms with Crippen LogP contribution in [0, 0.1) is 23.7 Å². The van der Waals surface area contributed by atoms with E-state index in [9.17, 15) is 34.5 Å². The summed E-state index contributed by atoms with van der Waals surface area (Å²) in [6.45, 7) is 5.86. The Bertz CT molecular complexity index is 1210. The molecular formula is C28H40N4O7. The second-order valence-corrected chi connectivity index (χ2v) is 11.6. The van der Waals surface area contributed by atoms with E-state index in [2.05, 4.69) is 4.90 Å². The van der Waals surface area contributed by atoms with Gasteiger partial charge in [-0.15, -0.1) is 0 Å². The van der Waals surface area contributed by atoms with Crippen molar-refractivity contribution in [2.45, 2.75) is 51.0 Å². The maximum Gasteiger partial charge on any atom is 0.230 e. The lowest BCUT2D eigenvalue weighted by Crippen LogP contribution is -2.75. The van der Waals surface area contributed by atoms with Crippen LogP contribution in [0.3, 0.4) is 0 Å². The smallest absolute Gasteiger partial charge is 0.230 e. The van der Waals surface area contributed by atoms with Gasteiger partial charge in [-0.2, -0.15) is 0 Å². The Balaban J connectivity index is 1.87. The monoisotopic (exact) mass is 544 g/mol. The number of aliphatic hydroxyl groups is 2. The number of carbonyl (C=O) groups is 4. The molecule has 2 saturated carbocycles. The molecule has 5 N–H and O–H groups in total. The summed E-state index contributed by atoms with van der Waals surface area (Å²) in [7, 11) is 6.94. The number of benzene rings is 1. The van der Waals surface area contributed by atoms with E-state index in [1.807, 2.05) is 38.9 Å². The number of nitrogens with two attached hydrogens (primary N) is 1. The lowest BCUT2D eigenvalue weighted by Gasteiger charge is -2.55. The number of rotatable bonds is 7. The summed E-state index contributed by atoms with van der Waals surface area (Å²) in [5.74, 6) is -8.92. The summed E-state index contributed by atoms with van der Waals surface area (Å²) in [6.07, 6.45) is -1.17. The minimum absolute atomic E-state index is 0.0407. The van der Waals surface area contributed by atoms with Gasteiger partial charge >= 0.3 is 0 Å². The number of nitrogens with zero attached hydrogens (tertiary/aromatic N) is 3. The fourth-order valence-electron chi connectivity index (χ4n) is 7.13. The molecule has 11 heteroatoms. The molecule has 11 nitrogen and oxygen atoms in total. The number of hydrogen-bond acceptors (Lipinski definition) is 10. The molecule has 3 aliphatic carbocycles. The summed E-state index contributed by atoms with van der Waals surface area (Å²) in [4.78, 5) is 59.3. The van der Waals surface area contributed by atoms with Crippen molar-refractivity contribution in [1.29, 1.82) is 0 Å². The van der Waals surface area contributed by atoms with Crippen molar-refractivity contribution in [3.63, 3.8) is 0 Å². The van der Waals surface area contributed by atoms with Gasteiger partial charge in [0.25, 0.3) is 0 Å². The van der Waals surface area contributed by atoms with Gasteiger partial charge in [0.05, 0.1) is 17.6 Å². The highest BCUT2D eigenvalue weighted by Crippen LogP contribution is 2.52. The molecule has 4 rings (SSSR count). The molecule has 3 aliphatic rings. The molecule has 4 unspecified atom stereocenters. The molecule has 1 aromatic carbocycles. The molecule has 2 fully saturated rings. The second-order valence-electron chi connectivity index (χ2n) is 11.6. The highest BCUT2D eigenvalue weighted by Gasteiger charge is 2.69. The minimum Gasteiger partial charge on any atom is -0.507 e. The predicted octanol–water partition coefficient (Wildman–Crippen LogP) is -0.433. The number of carbonyl (C=O) groups excluding carboxylic acids is 4. The molecule has 39 heavy (non-hydrogen) atoms. The van der Waals surface area contributed by atoms with Gasteiger partial charge in [-0.05, 0) is 57.6 Å². The molecule has 1 aromatic rings. The van der Waals surface area contributed by atoms with Gasteiger partial charge in [0.2, 0.25) is 5.91 Å². The van der Waals surface area contributed by atoms with E-state index < -0.39 is 64.7 Å². The molecule has 0 spiro atoms. The largest absolute Gasteiger partial charge is 0.507 e. The fourth-order valence-corrected chi connectivity index (χ4v) is 7.13. The molecule has 0 aliphatic heterocycles. The minimum atomic E-state index is -2.67. The summed E-state index contributed by atoms with van der Waals surface area (Å²) >= 11 is 0. The number of likely N-dealkylation sites (N-methyl/N-ethyl adjacent to an activating group) is 1. The first-order chi connectivity index (χ1) is 18.2. The van der Waals surface area contributed by atoms with Crippen molar-refractivity contribution < 1.29 is 34.5 Å². The van der Waals surface area contributed by atoms with Crippen LogP contribution in [-0.2, 0) is 27.3 Å². The number of anilines is 1. The van der Waals surface area contributed by atoms with Crippen molar-refractivity contribution >= 4 is 28.9 Å². The van der Waals surface area contributed by atoms with Crippen molar-refractivity contribution in [2.24, 2.45) is 29.4 Å². The van der Waals surface area contributed by atoms with Gasteiger partial charge in [0.15, 0.2) is 23.0 Å². The van der Waals surface area contributed by atoms with Crippen molar-refractivity contribution in [3.05, 3.63) is 22.8 Å². The molecular weight excluding hydrogens is 504 g/mol. The molecule has 7 atom stereocenters. The standard InChI is InChI=1S/C28H40N4O7/c1-7-32(8-2)12-14-11-17(30(3)4)15-9-13-10-16-21(31(5)6)24(35)20(27(29)38)26(37)28(16,39)25(36)18(13)23(34)19(15)22(14)33/h11,13,16,18,20-21,24,33,35,39H,7-10,12H2,1-6H3,(H2,29,38)/t13-,16-,18?,20?,21?,24?,28-/m1/s1. The van der Waals surface area contributed by atoms with Crippen LogP contribution in [0.1, 0.15) is 41.8 Å². The number of hydrogen-bond donors (Lipinski definition) is 4. The first-order valence-corrected chi connectivity index (χ1v) is 13.5. The van der Waals surface area contributed by atoms with Crippen LogP contribution in [-0.4, -0.2) is 107 Å². The Morgan fingerprint density at radius 3 is 2.23 bits per heavy atom. The molecule has 0 aromatic heterocycles. The highest BCUT2D eigenvalue weighted by molar-refractivity contribution is 6.25. The third-order valence-corrected chi connectivity index (χ3v) is 9.12. The number of fused-ring (bicyclic) bond motifs is 3. The van der Waals surface area contributed by atoms with Gasteiger partial charge in [-0.25, -0.2) is 0 Å². The number of amides is 1. The maximum atomic E-state index is 14.1. The van der Waals surface area contributed by atoms with Gasteiger partial charge in [0.1, 0.15) is 11.7 Å². The topological polar surface area (TPSA) is 165 Å². The van der Waals surface area contributed by atoms with E-state index in [1.54, 1.807) is 19.0 Å². The Hall–Kier alpha value is -2.86. The van der Waals surface area contributed by atoms with E-state index in [0.29, 0.717) is 17.7 Å². The average molecular weight is 545 g/mol. The van der Waals surface area contributed by atoms with Crippen molar-refractivity contribution in [1.82, 2.24) is 9.80 Å². The third-order valence-electron chi connectivity index (χ3n) is 9.12. The van der Waals surface area contributed by atoms with Crippen LogP contribution in [0.4, 0.5) is 5.69 Å². The molecule has 0 radical (unpaired) electrons. The number of primary amides is 1. The van der Waals surface area contributed by atoms with E-state index >= 15 is 0 Å². The first kappa shape index (κ1) is 29.1. The predicted molar refractivity (Wildman–Crippen MR) is 143 cm³/mol. The molecule has 0 saturated heterocycles. The van der Waals surface area contributed by atoms with E-state index in [-0.39, 0.29) is 24.2 Å². The summed E-state index contributed by atoms with van der Waals surface area (Å²) < 4.78 is 0. The van der Waals surface area contributed by atoms with Crippen LogP contribution >= 0.6 is 0 Å². The SMILES string of the molecule is CCN(CC)Cc1cc(N(C)C)c2c(c1O)C(=O)C1C(=O)[C@@]3(O)C(=O)C(C(N)=O)C(O)C(N(C)C)[C@H]3C[C@H]1C2. The first-order valence-electron chi connectivity index (χ1n) is 13.5. The van der Waals surface area contributed by atoms with Gasteiger partial charge in [-0.3, -0.25) is 24.1 Å². The van der Waals surface area contributed by atoms with Gasteiger partial charge in [0, 0.05) is 43.9 Å². The number of phenolic OH excluding ortho intramolecular Hbond substituents is 1. The fraction of sp³-hybridized carbons (Fsp3) is 0.643. The Labute approximate surface area is 228 Å². The van der Waals surface area contributed by atoms with Crippen LogP contribution in [0.5, 0.6) is 5.75 Å². The zero-order valence-electron chi connectivity index (χ0n) is 23.5. The molecule has 1 amide bonds. The zero-order valence-corrected chi connectivity index (χ0v) is 23.5. The molecule has 214 valence electrons. The number of phenols is 1. The second kappa shape index (κ2) is 10.3. The summed E-state index contributed by atoms with van der Waals surface area (Å²) in [5.41, 5.74) is 4.72. The third kappa shape index (κ3) is 4.26. The maximum absolute atomic E-state index is 14.1. The Kier molecular flexibility index (Phi) is 7.67. The van der Waals surface area contributed by atoms with E-state index in [1.165, 1.54) is 0 Å². The van der Waals surface area contributed by atoms with Crippen molar-refractivity contribution in [2.75, 3.05) is 46.2 Å². The Morgan fingerprint density at radius 1 is 1.10 bits per heavy atom. The van der Waals surface area contributed by atoms with Gasteiger partial charge < -0.3 is 30.9 Å².